The molecule has 1 amide bonds. The van der Waals surface area contributed by atoms with E-state index in [2.05, 4.69) is 0 Å². The topological polar surface area (TPSA) is 29.5 Å². The molecule has 7 heteroatoms. The number of carbonyl (C=O) groups is 1. The standard InChI is InChI=1S/C21H19ClFNO2S2/c1-13(2)11-24-20(25)19(28-21(24)27)10-14-7-8-18(16(22)9-14)26-12-15-5-3-4-6-17(15)23/h3-10,13H,11-12H2,1-2H3/b19-10-. The second-order valence-corrected chi connectivity index (χ2v) is 8.84. The van der Waals surface area contributed by atoms with E-state index in [1.165, 1.54) is 17.8 Å². The third-order valence-corrected chi connectivity index (χ3v) is 5.69. The molecule has 0 atom stereocenters. The molecule has 0 aromatic heterocycles. The highest BCUT2D eigenvalue weighted by atomic mass is 35.5. The van der Waals surface area contributed by atoms with Crippen LogP contribution < -0.4 is 4.74 Å². The van der Waals surface area contributed by atoms with E-state index in [1.54, 1.807) is 47.4 Å². The fourth-order valence-electron chi connectivity index (χ4n) is 2.67. The summed E-state index contributed by atoms with van der Waals surface area (Å²) in [6.45, 7) is 4.77. The third-order valence-electron chi connectivity index (χ3n) is 4.02. The molecule has 0 aliphatic carbocycles. The minimum atomic E-state index is -0.321. The van der Waals surface area contributed by atoms with E-state index < -0.39 is 0 Å². The molecule has 0 unspecified atom stereocenters. The number of rotatable bonds is 6. The molecule has 0 bridgehead atoms. The largest absolute Gasteiger partial charge is 0.487 e. The average molecular weight is 436 g/mol. The summed E-state index contributed by atoms with van der Waals surface area (Å²) >= 11 is 12.9. The Morgan fingerprint density at radius 2 is 2.04 bits per heavy atom. The van der Waals surface area contributed by atoms with Gasteiger partial charge in [-0.25, -0.2) is 4.39 Å². The van der Waals surface area contributed by atoms with Gasteiger partial charge in [-0.15, -0.1) is 0 Å². The first-order chi connectivity index (χ1) is 13.3. The summed E-state index contributed by atoms with van der Waals surface area (Å²) in [4.78, 5) is 14.8. The predicted molar refractivity (Wildman–Crippen MR) is 117 cm³/mol. The van der Waals surface area contributed by atoms with Crippen LogP contribution in [0, 0.1) is 11.7 Å². The van der Waals surface area contributed by atoms with Crippen LogP contribution in [0.1, 0.15) is 25.0 Å². The van der Waals surface area contributed by atoms with Crippen LogP contribution >= 0.6 is 35.6 Å². The van der Waals surface area contributed by atoms with Gasteiger partial charge in [0, 0.05) is 12.1 Å². The van der Waals surface area contributed by atoms with Crippen molar-refractivity contribution in [2.24, 2.45) is 5.92 Å². The molecule has 1 fully saturated rings. The number of hydrogen-bond donors (Lipinski definition) is 0. The van der Waals surface area contributed by atoms with E-state index in [0.29, 0.717) is 38.0 Å². The summed E-state index contributed by atoms with van der Waals surface area (Å²) in [5.74, 6) is 0.384. The molecular formula is C21H19ClFNO2S2. The zero-order valence-corrected chi connectivity index (χ0v) is 17.8. The lowest BCUT2D eigenvalue weighted by atomic mass is 10.2. The van der Waals surface area contributed by atoms with E-state index in [-0.39, 0.29) is 18.3 Å². The van der Waals surface area contributed by atoms with Crippen molar-refractivity contribution in [2.75, 3.05) is 6.54 Å². The van der Waals surface area contributed by atoms with Crippen molar-refractivity contribution in [3.8, 4) is 5.75 Å². The van der Waals surface area contributed by atoms with Gasteiger partial charge in [-0.3, -0.25) is 9.69 Å². The summed E-state index contributed by atoms with van der Waals surface area (Å²) in [6, 6.07) is 11.7. The molecule has 0 spiro atoms. The van der Waals surface area contributed by atoms with Gasteiger partial charge in [-0.1, -0.05) is 73.7 Å². The summed E-state index contributed by atoms with van der Waals surface area (Å²) in [6.07, 6.45) is 1.77. The smallest absolute Gasteiger partial charge is 0.266 e. The highest BCUT2D eigenvalue weighted by Gasteiger charge is 2.32. The average Bonchev–Trinajstić information content (AvgIpc) is 2.89. The molecule has 3 nitrogen and oxygen atoms in total. The fourth-order valence-corrected chi connectivity index (χ4v) is 4.19. The first-order valence-corrected chi connectivity index (χ1v) is 10.4. The molecule has 1 aliphatic rings. The Bertz CT molecular complexity index is 946. The normalized spacial score (nSPS) is 15.8. The molecule has 0 N–H and O–H groups in total. The SMILES string of the molecule is CC(C)CN1C(=O)/C(=C/c2ccc(OCc3ccccc3F)c(Cl)c2)SC1=S. The second-order valence-electron chi connectivity index (χ2n) is 6.76. The summed E-state index contributed by atoms with van der Waals surface area (Å²) in [5.41, 5.74) is 1.23. The lowest BCUT2D eigenvalue weighted by Crippen LogP contribution is -2.31. The van der Waals surface area contributed by atoms with Gasteiger partial charge >= 0.3 is 0 Å². The molecule has 146 valence electrons. The van der Waals surface area contributed by atoms with Gasteiger partial charge < -0.3 is 4.74 Å². The summed E-state index contributed by atoms with van der Waals surface area (Å²) < 4.78 is 19.9. The monoisotopic (exact) mass is 435 g/mol. The maximum atomic E-state index is 13.7. The number of thioether (sulfide) groups is 1. The van der Waals surface area contributed by atoms with Crippen LogP contribution in [0.3, 0.4) is 0 Å². The predicted octanol–water partition coefficient (Wildman–Crippen LogP) is 5.92. The molecule has 3 rings (SSSR count). The number of carbonyl (C=O) groups excluding carboxylic acids is 1. The van der Waals surface area contributed by atoms with Crippen molar-refractivity contribution >= 4 is 51.9 Å². The molecule has 2 aromatic carbocycles. The van der Waals surface area contributed by atoms with Crippen LogP contribution in [-0.4, -0.2) is 21.7 Å². The third kappa shape index (κ3) is 4.93. The Hall–Kier alpha value is -1.89. The Balaban J connectivity index is 1.72. The summed E-state index contributed by atoms with van der Waals surface area (Å²) in [7, 11) is 0. The van der Waals surface area contributed by atoms with Gasteiger partial charge in [0.05, 0.1) is 9.93 Å². The van der Waals surface area contributed by atoms with Crippen molar-refractivity contribution in [3.63, 3.8) is 0 Å². The molecule has 1 saturated heterocycles. The molecule has 1 aliphatic heterocycles. The lowest BCUT2D eigenvalue weighted by Gasteiger charge is -2.16. The molecule has 0 radical (unpaired) electrons. The number of thiocarbonyl (C=S) groups is 1. The molecule has 0 saturated carbocycles. The first-order valence-electron chi connectivity index (χ1n) is 8.76. The van der Waals surface area contributed by atoms with Crippen LogP contribution in [-0.2, 0) is 11.4 Å². The van der Waals surface area contributed by atoms with E-state index >= 15 is 0 Å². The first kappa shape index (κ1) is 20.8. The van der Waals surface area contributed by atoms with Gasteiger partial charge in [0.15, 0.2) is 0 Å². The molecule has 28 heavy (non-hydrogen) atoms. The zero-order valence-electron chi connectivity index (χ0n) is 15.4. The van der Waals surface area contributed by atoms with E-state index in [0.717, 1.165) is 5.56 Å². The molecule has 1 heterocycles. The molecular weight excluding hydrogens is 417 g/mol. The fraction of sp³-hybridized carbons (Fsp3) is 0.238. The highest BCUT2D eigenvalue weighted by Crippen LogP contribution is 2.34. The Labute approximate surface area is 178 Å². The van der Waals surface area contributed by atoms with Gasteiger partial charge in [-0.05, 0) is 35.8 Å². The van der Waals surface area contributed by atoms with Crippen molar-refractivity contribution in [3.05, 3.63) is 69.3 Å². The van der Waals surface area contributed by atoms with Gasteiger partial charge in [-0.2, -0.15) is 0 Å². The van der Waals surface area contributed by atoms with E-state index in [9.17, 15) is 9.18 Å². The minimum Gasteiger partial charge on any atom is -0.487 e. The zero-order chi connectivity index (χ0) is 20.3. The Kier molecular flexibility index (Phi) is 6.75. The number of amides is 1. The Morgan fingerprint density at radius 1 is 1.29 bits per heavy atom. The van der Waals surface area contributed by atoms with Crippen LogP contribution in [0.2, 0.25) is 5.02 Å². The van der Waals surface area contributed by atoms with Crippen molar-refractivity contribution < 1.29 is 13.9 Å². The maximum absolute atomic E-state index is 13.7. The van der Waals surface area contributed by atoms with E-state index in [1.807, 2.05) is 13.8 Å². The van der Waals surface area contributed by atoms with Crippen LogP contribution in [0.5, 0.6) is 5.75 Å². The van der Waals surface area contributed by atoms with Crippen molar-refractivity contribution in [1.29, 1.82) is 0 Å². The number of benzene rings is 2. The quantitative estimate of drug-likeness (QED) is 0.416. The van der Waals surface area contributed by atoms with Crippen molar-refractivity contribution in [1.82, 2.24) is 4.90 Å². The van der Waals surface area contributed by atoms with Gasteiger partial charge in [0.2, 0.25) is 0 Å². The van der Waals surface area contributed by atoms with Crippen molar-refractivity contribution in [2.45, 2.75) is 20.5 Å². The van der Waals surface area contributed by atoms with Crippen LogP contribution in [0.25, 0.3) is 6.08 Å². The lowest BCUT2D eigenvalue weighted by molar-refractivity contribution is -0.122. The maximum Gasteiger partial charge on any atom is 0.266 e. The number of ether oxygens (including phenoxy) is 1. The van der Waals surface area contributed by atoms with Gasteiger partial charge in [0.1, 0.15) is 22.5 Å². The number of hydrogen-bond acceptors (Lipinski definition) is 4. The van der Waals surface area contributed by atoms with E-state index in [4.69, 9.17) is 28.6 Å². The minimum absolute atomic E-state index is 0.0829. The van der Waals surface area contributed by atoms with Crippen LogP contribution in [0.15, 0.2) is 47.4 Å². The molecule has 2 aromatic rings. The summed E-state index contributed by atoms with van der Waals surface area (Å²) in [5, 5.41) is 0.391. The number of nitrogens with zero attached hydrogens (tertiary/aromatic N) is 1. The highest BCUT2D eigenvalue weighted by molar-refractivity contribution is 8.26. The Morgan fingerprint density at radius 3 is 2.71 bits per heavy atom. The van der Waals surface area contributed by atoms with Crippen LogP contribution in [0.4, 0.5) is 4.39 Å². The second kappa shape index (κ2) is 9.07. The van der Waals surface area contributed by atoms with Gasteiger partial charge in [0.25, 0.3) is 5.91 Å². The number of halogens is 2.